The minimum Gasteiger partial charge on any atom is -0.452 e. The first-order valence-electron chi connectivity index (χ1n) is 7.56. The Morgan fingerprint density at radius 3 is 2.32 bits per heavy atom. The molecule has 2 aromatic rings. The molecule has 3 N–H and O–H groups in total. The lowest BCUT2D eigenvalue weighted by Crippen LogP contribution is -2.29. The zero-order valence-corrected chi connectivity index (χ0v) is 14.1. The third-order valence-electron chi connectivity index (χ3n) is 3.41. The van der Waals surface area contributed by atoms with E-state index in [1.807, 2.05) is 17.1 Å². The highest BCUT2D eigenvalue weighted by atomic mass is 16.5. The molecule has 132 valence electrons. The molecule has 8 heteroatoms. The number of nitrogens with one attached hydrogen (secondary N) is 3. The Balaban J connectivity index is 1.93. The normalized spacial score (nSPS) is 11.0. The van der Waals surface area contributed by atoms with E-state index in [0.29, 0.717) is 5.69 Å². The molecule has 25 heavy (non-hydrogen) atoms. The summed E-state index contributed by atoms with van der Waals surface area (Å²) in [6, 6.07) is 7.32. The molecule has 1 aromatic heterocycles. The van der Waals surface area contributed by atoms with Crippen LogP contribution in [0.15, 0.2) is 40.1 Å². The molecule has 8 nitrogen and oxygen atoms in total. The summed E-state index contributed by atoms with van der Waals surface area (Å²) in [6.45, 7) is 5.69. The zero-order chi connectivity index (χ0) is 18.6. The molecule has 0 saturated carbocycles. The number of hydrogen-bond donors (Lipinski definition) is 3. The zero-order valence-electron chi connectivity index (χ0n) is 14.1. The highest BCUT2D eigenvalue weighted by molar-refractivity contribution is 5.95. The largest absolute Gasteiger partial charge is 0.452 e. The summed E-state index contributed by atoms with van der Waals surface area (Å²) in [7, 11) is 0. The Morgan fingerprint density at radius 2 is 1.76 bits per heavy atom. The fourth-order valence-corrected chi connectivity index (χ4v) is 2.02. The highest BCUT2D eigenvalue weighted by Crippen LogP contribution is 2.23. The Labute approximate surface area is 143 Å². The first-order chi connectivity index (χ1) is 11.7. The Kier molecular flexibility index (Phi) is 5.21. The molecular formula is C17H19N3O5. The average molecular weight is 345 g/mol. The van der Waals surface area contributed by atoms with Crippen molar-refractivity contribution in [3.05, 3.63) is 62.4 Å². The van der Waals surface area contributed by atoms with E-state index < -0.39 is 29.7 Å². The smallest absolute Gasteiger partial charge is 0.345 e. The van der Waals surface area contributed by atoms with E-state index in [2.05, 4.69) is 31.1 Å². The third-order valence-corrected chi connectivity index (χ3v) is 3.41. The summed E-state index contributed by atoms with van der Waals surface area (Å²) in [5.41, 5.74) is -0.320. The molecule has 1 heterocycles. The van der Waals surface area contributed by atoms with Crippen LogP contribution in [0.3, 0.4) is 0 Å². The van der Waals surface area contributed by atoms with Crippen molar-refractivity contribution >= 4 is 17.6 Å². The van der Waals surface area contributed by atoms with E-state index in [9.17, 15) is 19.2 Å². The number of benzene rings is 1. The van der Waals surface area contributed by atoms with Crippen LogP contribution < -0.4 is 16.6 Å². The number of esters is 1. The van der Waals surface area contributed by atoms with Gasteiger partial charge in [-0.05, 0) is 23.1 Å². The van der Waals surface area contributed by atoms with Gasteiger partial charge in [-0.2, -0.15) is 0 Å². The van der Waals surface area contributed by atoms with Gasteiger partial charge >= 0.3 is 11.7 Å². The van der Waals surface area contributed by atoms with Gasteiger partial charge in [0.05, 0.1) is 0 Å². The lowest BCUT2D eigenvalue weighted by molar-refractivity contribution is -0.119. The quantitative estimate of drug-likeness (QED) is 0.718. The van der Waals surface area contributed by atoms with Crippen LogP contribution in [-0.4, -0.2) is 28.5 Å². The molecule has 0 aliphatic heterocycles. The van der Waals surface area contributed by atoms with Crippen molar-refractivity contribution in [2.45, 2.75) is 26.2 Å². The molecule has 0 aliphatic carbocycles. The summed E-state index contributed by atoms with van der Waals surface area (Å²) in [5.74, 6) is -1.55. The van der Waals surface area contributed by atoms with Gasteiger partial charge in [0.25, 0.3) is 11.5 Å². The maximum Gasteiger partial charge on any atom is 0.345 e. The van der Waals surface area contributed by atoms with Gasteiger partial charge in [0.2, 0.25) is 0 Å². The first-order valence-corrected chi connectivity index (χ1v) is 7.56. The standard InChI is InChI=1S/C17H19N3O5/c1-17(2,3)10-4-6-11(7-5-10)19-13(21)9-25-15(23)12-8-18-16(24)20-14(12)22/h4-8H,9H2,1-3H3,(H,19,21)(H2,18,20,22,24). The molecule has 0 radical (unpaired) electrons. The fourth-order valence-electron chi connectivity index (χ4n) is 2.02. The minimum atomic E-state index is -1.00. The van der Waals surface area contributed by atoms with Gasteiger partial charge in [-0.3, -0.25) is 14.6 Å². The molecule has 0 fully saturated rings. The molecule has 0 atom stereocenters. The van der Waals surface area contributed by atoms with E-state index in [1.165, 1.54) is 0 Å². The van der Waals surface area contributed by atoms with Crippen molar-refractivity contribution < 1.29 is 14.3 Å². The molecule has 0 saturated heterocycles. The van der Waals surface area contributed by atoms with Gasteiger partial charge in [-0.15, -0.1) is 0 Å². The monoisotopic (exact) mass is 345 g/mol. The van der Waals surface area contributed by atoms with Gasteiger partial charge < -0.3 is 15.0 Å². The van der Waals surface area contributed by atoms with E-state index in [0.717, 1.165) is 11.8 Å². The number of rotatable bonds is 4. The van der Waals surface area contributed by atoms with Crippen LogP contribution in [0.1, 0.15) is 36.7 Å². The Bertz CT molecular complexity index is 888. The minimum absolute atomic E-state index is 0.00177. The number of ether oxygens (including phenoxy) is 1. The highest BCUT2D eigenvalue weighted by Gasteiger charge is 2.15. The molecule has 1 amide bonds. The van der Waals surface area contributed by atoms with Gasteiger partial charge in [-0.25, -0.2) is 9.59 Å². The van der Waals surface area contributed by atoms with Crippen molar-refractivity contribution in [1.82, 2.24) is 9.97 Å². The Morgan fingerprint density at radius 1 is 1.12 bits per heavy atom. The lowest BCUT2D eigenvalue weighted by Gasteiger charge is -2.19. The summed E-state index contributed by atoms with van der Waals surface area (Å²) in [6.07, 6.45) is 0.937. The van der Waals surface area contributed by atoms with E-state index in [4.69, 9.17) is 4.74 Å². The number of amides is 1. The Hall–Kier alpha value is -3.16. The van der Waals surface area contributed by atoms with Crippen molar-refractivity contribution in [2.75, 3.05) is 11.9 Å². The first kappa shape index (κ1) is 18.2. The van der Waals surface area contributed by atoms with Crippen molar-refractivity contribution in [2.24, 2.45) is 0 Å². The average Bonchev–Trinajstić information content (AvgIpc) is 2.52. The predicted octanol–water partition coefficient (Wildman–Crippen LogP) is 1.16. The van der Waals surface area contributed by atoms with E-state index in [1.54, 1.807) is 12.1 Å². The van der Waals surface area contributed by atoms with Gasteiger partial charge in [0.15, 0.2) is 6.61 Å². The second-order valence-corrected chi connectivity index (χ2v) is 6.44. The number of aromatic nitrogens is 2. The number of H-pyrrole nitrogens is 2. The lowest BCUT2D eigenvalue weighted by atomic mass is 9.87. The van der Waals surface area contributed by atoms with Crippen LogP contribution in [-0.2, 0) is 14.9 Å². The molecule has 0 bridgehead atoms. The molecule has 2 rings (SSSR count). The number of anilines is 1. The molecule has 0 aliphatic rings. The van der Waals surface area contributed by atoms with Crippen LogP contribution in [0.5, 0.6) is 0 Å². The van der Waals surface area contributed by atoms with Crippen LogP contribution >= 0.6 is 0 Å². The second-order valence-electron chi connectivity index (χ2n) is 6.44. The fraction of sp³-hybridized carbons (Fsp3) is 0.294. The summed E-state index contributed by atoms with van der Waals surface area (Å²) in [4.78, 5) is 50.0. The SMILES string of the molecule is CC(C)(C)c1ccc(NC(=O)COC(=O)c2c[nH]c(=O)[nH]c2=O)cc1. The van der Waals surface area contributed by atoms with Crippen LogP contribution in [0.2, 0.25) is 0 Å². The maximum absolute atomic E-state index is 11.8. The predicted molar refractivity (Wildman–Crippen MR) is 91.7 cm³/mol. The van der Waals surface area contributed by atoms with Gasteiger partial charge in [-0.1, -0.05) is 32.9 Å². The molecular weight excluding hydrogens is 326 g/mol. The van der Waals surface area contributed by atoms with E-state index >= 15 is 0 Å². The second kappa shape index (κ2) is 7.16. The van der Waals surface area contributed by atoms with Crippen LogP contribution in [0.4, 0.5) is 5.69 Å². The van der Waals surface area contributed by atoms with Gasteiger partial charge in [0, 0.05) is 11.9 Å². The van der Waals surface area contributed by atoms with Crippen LogP contribution in [0, 0.1) is 0 Å². The molecule has 0 unspecified atom stereocenters. The maximum atomic E-state index is 11.8. The summed E-state index contributed by atoms with van der Waals surface area (Å²) >= 11 is 0. The molecule has 1 aromatic carbocycles. The summed E-state index contributed by atoms with van der Waals surface area (Å²) in [5, 5.41) is 2.59. The van der Waals surface area contributed by atoms with Crippen LogP contribution in [0.25, 0.3) is 0 Å². The van der Waals surface area contributed by atoms with Crippen molar-refractivity contribution in [3.8, 4) is 0 Å². The van der Waals surface area contributed by atoms with Crippen molar-refractivity contribution in [1.29, 1.82) is 0 Å². The molecule has 0 spiro atoms. The number of aromatic amines is 2. The van der Waals surface area contributed by atoms with Gasteiger partial charge in [0.1, 0.15) is 5.56 Å². The number of hydrogen-bond acceptors (Lipinski definition) is 5. The number of carbonyl (C=O) groups excluding carboxylic acids is 2. The topological polar surface area (TPSA) is 121 Å². The summed E-state index contributed by atoms with van der Waals surface area (Å²) < 4.78 is 4.77. The van der Waals surface area contributed by atoms with Crippen molar-refractivity contribution in [3.63, 3.8) is 0 Å². The van der Waals surface area contributed by atoms with E-state index in [-0.39, 0.29) is 11.0 Å². The third kappa shape index (κ3) is 4.90. The number of carbonyl (C=O) groups is 2.